The monoisotopic (exact) mass is 394 g/mol. The van der Waals surface area contributed by atoms with Gasteiger partial charge in [-0.1, -0.05) is 24.3 Å². The topological polar surface area (TPSA) is 51.7 Å². The number of carbonyl (C=O) groups is 1. The molecule has 0 bridgehead atoms. The van der Waals surface area contributed by atoms with Crippen molar-refractivity contribution < 1.29 is 14.3 Å². The number of fused-ring (bicyclic) bond motifs is 1. The average molecular weight is 394 g/mol. The lowest BCUT2D eigenvalue weighted by Crippen LogP contribution is -2.45. The molecule has 5 nitrogen and oxygen atoms in total. The van der Waals surface area contributed by atoms with Crippen molar-refractivity contribution in [2.24, 2.45) is 0 Å². The first-order valence-corrected chi connectivity index (χ1v) is 10.0. The molecule has 0 radical (unpaired) electrons. The molecule has 1 aliphatic heterocycles. The average Bonchev–Trinajstić information content (AvgIpc) is 3.21. The number of hydrogen-bond donors (Lipinski definition) is 0. The third kappa shape index (κ3) is 3.79. The molecule has 0 spiro atoms. The molecule has 0 fully saturated rings. The normalized spacial score (nSPS) is 16.4. The van der Waals surface area contributed by atoms with Crippen LogP contribution in [0, 0.1) is 0 Å². The maximum atomic E-state index is 12.4. The maximum Gasteiger partial charge on any atom is 0.323 e. The minimum atomic E-state index is -0.286. The van der Waals surface area contributed by atoms with Crippen molar-refractivity contribution in [3.05, 3.63) is 70.7 Å². The summed E-state index contributed by atoms with van der Waals surface area (Å²) in [7, 11) is 3.11. The Morgan fingerprint density at radius 2 is 1.89 bits per heavy atom. The Kier molecular flexibility index (Phi) is 5.41. The molecule has 0 saturated carbocycles. The van der Waals surface area contributed by atoms with Gasteiger partial charge in [-0.3, -0.25) is 9.69 Å². The number of hydrogen-bond acceptors (Lipinski definition) is 6. The minimum absolute atomic E-state index is 0.194. The van der Waals surface area contributed by atoms with Crippen molar-refractivity contribution in [3.8, 4) is 16.3 Å². The first kappa shape index (κ1) is 18.7. The van der Waals surface area contributed by atoms with Crippen LogP contribution in [0.4, 0.5) is 0 Å². The van der Waals surface area contributed by atoms with E-state index in [1.807, 2.05) is 36.4 Å². The summed E-state index contributed by atoms with van der Waals surface area (Å²) in [5.41, 5.74) is 4.49. The van der Waals surface area contributed by atoms with Gasteiger partial charge in [-0.25, -0.2) is 4.98 Å². The fourth-order valence-electron chi connectivity index (χ4n) is 3.57. The minimum Gasteiger partial charge on any atom is -0.497 e. The van der Waals surface area contributed by atoms with E-state index >= 15 is 0 Å². The standard InChI is InChI=1S/C22H22N2O3S/c1-26-19-9-7-15(8-10-19)21-23-18(14-28-21)13-24-12-17-6-4-3-5-16(17)11-20(24)22(25)27-2/h3-10,14,20H,11-13H2,1-2H3. The van der Waals surface area contributed by atoms with Crippen LogP contribution in [-0.2, 0) is 29.0 Å². The summed E-state index contributed by atoms with van der Waals surface area (Å²) in [6.45, 7) is 1.33. The van der Waals surface area contributed by atoms with E-state index in [-0.39, 0.29) is 12.0 Å². The predicted molar refractivity (Wildman–Crippen MR) is 109 cm³/mol. The van der Waals surface area contributed by atoms with Crippen LogP contribution >= 0.6 is 11.3 Å². The fraction of sp³-hybridized carbons (Fsp3) is 0.273. The zero-order valence-electron chi connectivity index (χ0n) is 15.9. The van der Waals surface area contributed by atoms with Crippen LogP contribution in [0.1, 0.15) is 16.8 Å². The van der Waals surface area contributed by atoms with E-state index in [0.717, 1.165) is 22.0 Å². The van der Waals surface area contributed by atoms with Crippen LogP contribution in [0.2, 0.25) is 0 Å². The lowest BCUT2D eigenvalue weighted by atomic mass is 9.94. The van der Waals surface area contributed by atoms with Gasteiger partial charge in [-0.05, 0) is 41.8 Å². The van der Waals surface area contributed by atoms with Crippen LogP contribution < -0.4 is 4.74 Å². The zero-order valence-corrected chi connectivity index (χ0v) is 16.7. The highest BCUT2D eigenvalue weighted by Gasteiger charge is 2.32. The molecule has 4 rings (SSSR count). The molecule has 1 aliphatic rings. The summed E-state index contributed by atoms with van der Waals surface area (Å²) < 4.78 is 10.3. The smallest absolute Gasteiger partial charge is 0.323 e. The van der Waals surface area contributed by atoms with Gasteiger partial charge in [0, 0.05) is 24.0 Å². The van der Waals surface area contributed by atoms with Gasteiger partial charge in [-0.15, -0.1) is 11.3 Å². The summed E-state index contributed by atoms with van der Waals surface area (Å²) in [5, 5.41) is 3.03. The Balaban J connectivity index is 1.55. The third-order valence-electron chi connectivity index (χ3n) is 5.07. The number of rotatable bonds is 5. The highest BCUT2D eigenvalue weighted by Crippen LogP contribution is 2.29. The molecule has 2 aromatic carbocycles. The van der Waals surface area contributed by atoms with Gasteiger partial charge in [0.2, 0.25) is 0 Å². The number of benzene rings is 2. The highest BCUT2D eigenvalue weighted by molar-refractivity contribution is 7.13. The van der Waals surface area contributed by atoms with Gasteiger partial charge in [0.15, 0.2) is 0 Å². The first-order chi connectivity index (χ1) is 13.7. The molecule has 3 aromatic rings. The molecule has 144 valence electrons. The van der Waals surface area contributed by atoms with Crippen molar-refractivity contribution in [3.63, 3.8) is 0 Å². The molecule has 28 heavy (non-hydrogen) atoms. The molecule has 6 heteroatoms. The van der Waals surface area contributed by atoms with E-state index in [0.29, 0.717) is 19.5 Å². The van der Waals surface area contributed by atoms with Crippen molar-refractivity contribution in [2.75, 3.05) is 14.2 Å². The van der Waals surface area contributed by atoms with Crippen LogP contribution in [0.5, 0.6) is 5.75 Å². The largest absolute Gasteiger partial charge is 0.497 e. The number of thiazole rings is 1. The van der Waals surface area contributed by atoms with Crippen LogP contribution in [0.3, 0.4) is 0 Å². The van der Waals surface area contributed by atoms with E-state index in [4.69, 9.17) is 14.5 Å². The molecule has 1 atom stereocenters. The number of aromatic nitrogens is 1. The molecule has 1 unspecified atom stereocenters. The summed E-state index contributed by atoms with van der Waals surface area (Å²) in [6, 6.07) is 15.9. The van der Waals surface area contributed by atoms with Crippen molar-refractivity contribution in [1.29, 1.82) is 0 Å². The molecule has 2 heterocycles. The van der Waals surface area contributed by atoms with Crippen LogP contribution in [0.25, 0.3) is 10.6 Å². The Bertz CT molecular complexity index is 968. The molecule has 0 saturated heterocycles. The summed E-state index contributed by atoms with van der Waals surface area (Å²) in [5.74, 6) is 0.633. The number of nitrogens with zero attached hydrogens (tertiary/aromatic N) is 2. The number of carbonyl (C=O) groups excluding carboxylic acids is 1. The van der Waals surface area contributed by atoms with Crippen molar-refractivity contribution in [2.45, 2.75) is 25.6 Å². The van der Waals surface area contributed by atoms with Gasteiger partial charge >= 0.3 is 5.97 Å². The van der Waals surface area contributed by atoms with Crippen LogP contribution in [0.15, 0.2) is 53.9 Å². The predicted octanol–water partition coefficient (Wildman–Crippen LogP) is 3.92. The number of esters is 1. The molecule has 1 aromatic heterocycles. The summed E-state index contributed by atoms with van der Waals surface area (Å²) >= 11 is 1.61. The van der Waals surface area contributed by atoms with Gasteiger partial charge in [0.25, 0.3) is 0 Å². The highest BCUT2D eigenvalue weighted by atomic mass is 32.1. The van der Waals surface area contributed by atoms with Gasteiger partial charge < -0.3 is 9.47 Å². The second kappa shape index (κ2) is 8.12. The van der Waals surface area contributed by atoms with Gasteiger partial charge in [0.05, 0.1) is 19.9 Å². The van der Waals surface area contributed by atoms with E-state index in [2.05, 4.69) is 22.4 Å². The lowest BCUT2D eigenvalue weighted by molar-refractivity contribution is -0.148. The maximum absolute atomic E-state index is 12.4. The van der Waals surface area contributed by atoms with E-state index in [1.165, 1.54) is 18.2 Å². The Labute approximate surface area is 168 Å². The second-order valence-corrected chi connectivity index (χ2v) is 7.65. The van der Waals surface area contributed by atoms with E-state index < -0.39 is 0 Å². The second-order valence-electron chi connectivity index (χ2n) is 6.79. The van der Waals surface area contributed by atoms with Crippen molar-refractivity contribution >= 4 is 17.3 Å². The lowest BCUT2D eigenvalue weighted by Gasteiger charge is -2.34. The number of ether oxygens (including phenoxy) is 2. The fourth-order valence-corrected chi connectivity index (χ4v) is 4.38. The zero-order chi connectivity index (χ0) is 19.5. The Morgan fingerprint density at radius 1 is 1.14 bits per heavy atom. The molecule has 0 amide bonds. The van der Waals surface area contributed by atoms with Gasteiger partial charge in [0.1, 0.15) is 16.8 Å². The Hall–Kier alpha value is -2.70. The SMILES string of the molecule is COC(=O)C1Cc2ccccc2CN1Cc1csc(-c2ccc(OC)cc2)n1. The quantitative estimate of drug-likeness (QED) is 0.614. The molecular weight excluding hydrogens is 372 g/mol. The van der Waals surface area contributed by atoms with E-state index in [9.17, 15) is 4.79 Å². The molecular formula is C22H22N2O3S. The summed E-state index contributed by atoms with van der Waals surface area (Å²) in [6.07, 6.45) is 0.665. The Morgan fingerprint density at radius 3 is 2.61 bits per heavy atom. The van der Waals surface area contributed by atoms with Crippen molar-refractivity contribution in [1.82, 2.24) is 9.88 Å². The van der Waals surface area contributed by atoms with E-state index in [1.54, 1.807) is 18.4 Å². The number of methoxy groups -OCH3 is 2. The third-order valence-corrected chi connectivity index (χ3v) is 6.01. The first-order valence-electron chi connectivity index (χ1n) is 9.15. The molecule has 0 aliphatic carbocycles. The summed E-state index contributed by atoms with van der Waals surface area (Å²) in [4.78, 5) is 19.3. The van der Waals surface area contributed by atoms with Crippen LogP contribution in [-0.4, -0.2) is 36.1 Å². The molecule has 0 N–H and O–H groups in total. The van der Waals surface area contributed by atoms with Gasteiger partial charge in [-0.2, -0.15) is 0 Å².